The summed E-state index contributed by atoms with van der Waals surface area (Å²) in [6.45, 7) is 2.54. The lowest BCUT2D eigenvalue weighted by atomic mass is 10.8. The third-order valence-electron chi connectivity index (χ3n) is 0.341. The lowest BCUT2D eigenvalue weighted by Gasteiger charge is -1.71. The molecule has 0 fully saturated rings. The van der Waals surface area contributed by atoms with Gasteiger partial charge in [-0.15, -0.1) is 0 Å². The summed E-state index contributed by atoms with van der Waals surface area (Å²) in [4.78, 5) is 0. The van der Waals surface area contributed by atoms with Gasteiger partial charge in [0.15, 0.2) is 0 Å². The second kappa shape index (κ2) is 3.15. The van der Waals surface area contributed by atoms with Gasteiger partial charge >= 0.3 is 0 Å². The van der Waals surface area contributed by atoms with Crippen molar-refractivity contribution in [3.05, 3.63) is 0 Å². The third kappa shape index (κ3) is 3.95. The third-order valence-corrected chi connectivity index (χ3v) is 1.02. The van der Waals surface area contributed by atoms with Crippen LogP contribution in [0.25, 0.3) is 0 Å². The van der Waals surface area contributed by atoms with Crippen LogP contribution in [0, 0.1) is 0 Å². The highest BCUT2D eigenvalue weighted by molar-refractivity contribution is 7.74. The van der Waals surface area contributed by atoms with E-state index in [0.29, 0.717) is 6.54 Å². The number of thiol groups is 1. The molecular formula is C3H9NOS. The topological polar surface area (TPSA) is 29.4 Å². The van der Waals surface area contributed by atoms with E-state index in [1.165, 1.54) is 0 Å². The summed E-state index contributed by atoms with van der Waals surface area (Å²) in [7, 11) is -1.23. The van der Waals surface area contributed by atoms with Gasteiger partial charge in [-0.1, -0.05) is 0 Å². The van der Waals surface area contributed by atoms with Gasteiger partial charge in [-0.3, -0.25) is 4.21 Å². The van der Waals surface area contributed by atoms with Crippen LogP contribution in [0.1, 0.15) is 6.92 Å². The molecule has 0 aliphatic rings. The summed E-state index contributed by atoms with van der Waals surface area (Å²) in [6, 6.07) is 0. The average Bonchev–Trinajstić information content (AvgIpc) is 1.35. The molecule has 0 aromatic heterocycles. The van der Waals surface area contributed by atoms with Crippen molar-refractivity contribution in [2.24, 2.45) is 4.36 Å². The van der Waals surface area contributed by atoms with E-state index < -0.39 is 10.6 Å². The van der Waals surface area contributed by atoms with Gasteiger partial charge in [0.25, 0.3) is 0 Å². The molecular weight excluding hydrogens is 98.1 g/mol. The number of nitrogens with zero attached hydrogens (tertiary/aromatic N) is 1. The van der Waals surface area contributed by atoms with E-state index in [4.69, 9.17) is 0 Å². The fourth-order valence-electron chi connectivity index (χ4n) is 0.199. The molecule has 1 atom stereocenters. The van der Waals surface area contributed by atoms with Gasteiger partial charge in [0, 0.05) is 23.4 Å². The Hall–Kier alpha value is -0.0500. The van der Waals surface area contributed by atoms with E-state index >= 15 is 0 Å². The van der Waals surface area contributed by atoms with Crippen LogP contribution in [0.15, 0.2) is 4.36 Å². The van der Waals surface area contributed by atoms with Crippen molar-refractivity contribution in [3.8, 4) is 0 Å². The van der Waals surface area contributed by atoms with Gasteiger partial charge in [0.1, 0.15) is 0 Å². The molecule has 0 heterocycles. The van der Waals surface area contributed by atoms with Gasteiger partial charge < -0.3 is 0 Å². The van der Waals surface area contributed by atoms with E-state index in [2.05, 4.69) is 4.36 Å². The zero-order valence-electron chi connectivity index (χ0n) is 4.01. The summed E-state index contributed by atoms with van der Waals surface area (Å²) < 4.78 is 13.7. The fraction of sp³-hybridized carbons (Fsp3) is 1.00. The van der Waals surface area contributed by atoms with Gasteiger partial charge in [-0.25, -0.2) is 4.36 Å². The summed E-state index contributed by atoms with van der Waals surface area (Å²) in [6.07, 6.45) is 1.60. The lowest BCUT2D eigenvalue weighted by Crippen LogP contribution is -1.68. The van der Waals surface area contributed by atoms with E-state index in [9.17, 15) is 4.21 Å². The molecule has 1 unspecified atom stereocenters. The summed E-state index contributed by atoms with van der Waals surface area (Å²) in [5.74, 6) is 0. The fourth-order valence-corrected chi connectivity index (χ4v) is 0.597. The van der Waals surface area contributed by atoms with Crippen molar-refractivity contribution in [2.45, 2.75) is 6.92 Å². The molecule has 0 radical (unpaired) electrons. The minimum atomic E-state index is -1.23. The van der Waals surface area contributed by atoms with Crippen LogP contribution in [0.5, 0.6) is 0 Å². The van der Waals surface area contributed by atoms with E-state index in [-0.39, 0.29) is 0 Å². The van der Waals surface area contributed by atoms with Crippen LogP contribution < -0.4 is 0 Å². The van der Waals surface area contributed by atoms with Crippen molar-refractivity contribution in [1.82, 2.24) is 0 Å². The molecule has 0 saturated carbocycles. The highest BCUT2D eigenvalue weighted by Crippen LogP contribution is 1.64. The molecule has 0 bridgehead atoms. The molecule has 6 heavy (non-hydrogen) atoms. The second-order valence-electron chi connectivity index (χ2n) is 0.922. The SMILES string of the molecule is CC/N=[SH](/C)=O. The zero-order valence-corrected chi connectivity index (χ0v) is 4.90. The Morgan fingerprint density at radius 1 is 1.83 bits per heavy atom. The van der Waals surface area contributed by atoms with Crippen LogP contribution in [-0.2, 0) is 10.6 Å². The van der Waals surface area contributed by atoms with Crippen molar-refractivity contribution in [2.75, 3.05) is 12.8 Å². The molecule has 0 saturated heterocycles. The van der Waals surface area contributed by atoms with E-state index in [1.54, 1.807) is 6.26 Å². The maximum absolute atomic E-state index is 10.0. The van der Waals surface area contributed by atoms with Crippen molar-refractivity contribution < 1.29 is 4.21 Å². The Labute approximate surface area is 39.8 Å². The molecule has 0 N–H and O–H groups in total. The molecule has 38 valence electrons. The van der Waals surface area contributed by atoms with Crippen molar-refractivity contribution >= 4 is 10.6 Å². The Kier molecular flexibility index (Phi) is 3.13. The standard InChI is InChI=1S/C3H9NOS/c1-3-4-6(2)5/h6H,3H2,1-2H3. The van der Waals surface area contributed by atoms with E-state index in [1.807, 2.05) is 6.92 Å². The first-order valence-electron chi connectivity index (χ1n) is 1.85. The van der Waals surface area contributed by atoms with Gasteiger partial charge in [0.05, 0.1) is 0 Å². The smallest absolute Gasteiger partial charge is 0.0453 e. The largest absolute Gasteiger partial charge is 0.253 e. The Balaban J connectivity index is 3.43. The summed E-state index contributed by atoms with van der Waals surface area (Å²) in [5, 5.41) is 0. The molecule has 0 amide bonds. The molecule has 3 heteroatoms. The normalized spacial score (nSPS) is 15.0. The first-order chi connectivity index (χ1) is 2.77. The molecule has 0 aliphatic heterocycles. The average molecular weight is 107 g/mol. The van der Waals surface area contributed by atoms with Crippen LogP contribution >= 0.6 is 0 Å². The highest BCUT2D eigenvalue weighted by Gasteiger charge is 1.60. The zero-order chi connectivity index (χ0) is 4.99. The number of hydrogen-bond acceptors (Lipinski definition) is 2. The first-order valence-corrected chi connectivity index (χ1v) is 3.51. The second-order valence-corrected chi connectivity index (χ2v) is 2.13. The van der Waals surface area contributed by atoms with Crippen LogP contribution in [0.3, 0.4) is 0 Å². The number of rotatable bonds is 1. The molecule has 0 rings (SSSR count). The van der Waals surface area contributed by atoms with Gasteiger partial charge in [-0.2, -0.15) is 0 Å². The summed E-state index contributed by atoms with van der Waals surface area (Å²) in [5.41, 5.74) is 0. The minimum Gasteiger partial charge on any atom is -0.253 e. The van der Waals surface area contributed by atoms with Gasteiger partial charge in [0.2, 0.25) is 0 Å². The maximum atomic E-state index is 10.0. The minimum absolute atomic E-state index is 0.672. The van der Waals surface area contributed by atoms with Crippen LogP contribution in [0.2, 0.25) is 0 Å². The highest BCUT2D eigenvalue weighted by atomic mass is 32.2. The van der Waals surface area contributed by atoms with Crippen molar-refractivity contribution in [1.29, 1.82) is 0 Å². The molecule has 0 aromatic carbocycles. The Morgan fingerprint density at radius 3 is 2.33 bits per heavy atom. The molecule has 0 aliphatic carbocycles. The quantitative estimate of drug-likeness (QED) is 0.480. The van der Waals surface area contributed by atoms with Gasteiger partial charge in [-0.05, 0) is 6.92 Å². The Bertz CT molecular complexity index is 93.0. The monoisotopic (exact) mass is 107 g/mol. The van der Waals surface area contributed by atoms with Crippen molar-refractivity contribution in [3.63, 3.8) is 0 Å². The predicted octanol–water partition coefficient (Wildman–Crippen LogP) is 0.301. The Morgan fingerprint density at radius 2 is 2.33 bits per heavy atom. The summed E-state index contributed by atoms with van der Waals surface area (Å²) >= 11 is 0. The van der Waals surface area contributed by atoms with E-state index in [0.717, 1.165) is 0 Å². The molecule has 0 spiro atoms. The number of hydrogen-bond donors (Lipinski definition) is 1. The van der Waals surface area contributed by atoms with Crippen LogP contribution in [-0.4, -0.2) is 17.0 Å². The first kappa shape index (κ1) is 5.95. The molecule has 2 nitrogen and oxygen atoms in total. The maximum Gasteiger partial charge on any atom is 0.0453 e. The molecule has 0 aromatic rings. The lowest BCUT2D eigenvalue weighted by molar-refractivity contribution is 0.690. The predicted molar refractivity (Wildman–Crippen MR) is 28.4 cm³/mol. The van der Waals surface area contributed by atoms with Crippen LogP contribution in [0.4, 0.5) is 0 Å².